The first kappa shape index (κ1) is 14.1. The Morgan fingerprint density at radius 1 is 1.29 bits per heavy atom. The summed E-state index contributed by atoms with van der Waals surface area (Å²) in [6.45, 7) is 3.50. The molecule has 0 fully saturated rings. The van der Waals surface area contributed by atoms with Crippen LogP contribution in [0.25, 0.3) is 0 Å². The van der Waals surface area contributed by atoms with Crippen LogP contribution < -0.4 is 4.72 Å². The van der Waals surface area contributed by atoms with Crippen LogP contribution in [-0.4, -0.2) is 41.1 Å². The van der Waals surface area contributed by atoms with Gasteiger partial charge in [0.05, 0.1) is 11.5 Å². The molecule has 5 nitrogen and oxygen atoms in total. The molecule has 0 spiro atoms. The van der Waals surface area contributed by atoms with Crippen molar-refractivity contribution in [3.8, 4) is 0 Å². The molecule has 0 bridgehead atoms. The van der Waals surface area contributed by atoms with E-state index in [0.29, 0.717) is 4.48 Å². The van der Waals surface area contributed by atoms with Crippen molar-refractivity contribution in [2.75, 3.05) is 24.3 Å². The van der Waals surface area contributed by atoms with Crippen molar-refractivity contribution in [1.29, 1.82) is 0 Å². The molecule has 1 N–H and O–H groups in total. The first-order valence-electron chi connectivity index (χ1n) is 3.61. The van der Waals surface area contributed by atoms with Crippen LogP contribution in [0.15, 0.2) is 11.1 Å². The standard InChI is InChI=1S/C6H12BrNO4S2/c1-6(7)5-8-14(11,12)4-3-13(2,9)10/h8H,1,3-5H2,2H3. The highest BCUT2D eigenvalue weighted by Crippen LogP contribution is 1.98. The van der Waals surface area contributed by atoms with Gasteiger partial charge in [-0.05, 0) is 0 Å². The third-order valence-electron chi connectivity index (χ3n) is 1.21. The van der Waals surface area contributed by atoms with E-state index in [2.05, 4.69) is 27.2 Å². The maximum absolute atomic E-state index is 11.1. The average Bonchev–Trinajstić information content (AvgIpc) is 1.97. The second-order valence-electron chi connectivity index (χ2n) is 2.79. The minimum Gasteiger partial charge on any atom is -0.229 e. The van der Waals surface area contributed by atoms with Crippen molar-refractivity contribution in [1.82, 2.24) is 4.72 Å². The number of nitrogens with one attached hydrogen (secondary N) is 1. The van der Waals surface area contributed by atoms with E-state index in [-0.39, 0.29) is 12.3 Å². The van der Waals surface area contributed by atoms with Crippen LogP contribution in [-0.2, 0) is 19.9 Å². The van der Waals surface area contributed by atoms with Gasteiger partial charge in [0.15, 0.2) is 0 Å². The highest BCUT2D eigenvalue weighted by molar-refractivity contribution is 9.11. The van der Waals surface area contributed by atoms with E-state index < -0.39 is 25.6 Å². The number of sulfone groups is 1. The molecular weight excluding hydrogens is 294 g/mol. The predicted molar refractivity (Wildman–Crippen MR) is 59.6 cm³/mol. The lowest BCUT2D eigenvalue weighted by Gasteiger charge is -2.04. The zero-order valence-corrected chi connectivity index (χ0v) is 10.9. The van der Waals surface area contributed by atoms with Crippen molar-refractivity contribution >= 4 is 35.8 Å². The van der Waals surface area contributed by atoms with Gasteiger partial charge in [0.1, 0.15) is 9.84 Å². The van der Waals surface area contributed by atoms with Crippen molar-refractivity contribution in [2.45, 2.75) is 0 Å². The van der Waals surface area contributed by atoms with E-state index in [1.54, 1.807) is 0 Å². The molecule has 0 atom stereocenters. The Balaban J connectivity index is 4.17. The second kappa shape index (κ2) is 5.24. The Morgan fingerprint density at radius 3 is 2.14 bits per heavy atom. The zero-order valence-electron chi connectivity index (χ0n) is 7.66. The Bertz CT molecular complexity index is 398. The lowest BCUT2D eigenvalue weighted by atomic mass is 10.7. The normalized spacial score (nSPS) is 12.7. The fraction of sp³-hybridized carbons (Fsp3) is 0.667. The van der Waals surface area contributed by atoms with Crippen molar-refractivity contribution < 1.29 is 16.8 Å². The number of halogens is 1. The van der Waals surface area contributed by atoms with Gasteiger partial charge < -0.3 is 0 Å². The fourth-order valence-electron chi connectivity index (χ4n) is 0.522. The molecule has 0 unspecified atom stereocenters. The molecule has 0 radical (unpaired) electrons. The molecule has 84 valence electrons. The summed E-state index contributed by atoms with van der Waals surface area (Å²) in [6.07, 6.45) is 0.992. The molecule has 0 heterocycles. The number of rotatable bonds is 6. The van der Waals surface area contributed by atoms with Gasteiger partial charge in [-0.25, -0.2) is 21.6 Å². The van der Waals surface area contributed by atoms with Crippen molar-refractivity contribution in [3.63, 3.8) is 0 Å². The zero-order chi connectivity index (χ0) is 11.4. The summed E-state index contributed by atoms with van der Waals surface area (Å²) in [6, 6.07) is 0. The molecule has 8 heteroatoms. The van der Waals surface area contributed by atoms with Gasteiger partial charge in [0.2, 0.25) is 10.0 Å². The summed E-state index contributed by atoms with van der Waals surface area (Å²) < 4.78 is 46.4. The molecule has 0 aromatic carbocycles. The maximum atomic E-state index is 11.1. The fourth-order valence-corrected chi connectivity index (χ4v) is 3.47. The molecule has 0 aromatic heterocycles. The molecule has 0 aliphatic heterocycles. The molecule has 14 heavy (non-hydrogen) atoms. The SMILES string of the molecule is C=C(Br)CNS(=O)(=O)CCS(C)(=O)=O. The largest absolute Gasteiger partial charge is 0.229 e. The summed E-state index contributed by atoms with van der Waals surface area (Å²) in [7, 11) is -6.78. The quantitative estimate of drug-likeness (QED) is 0.740. The lowest BCUT2D eigenvalue weighted by molar-refractivity contribution is 0.582. The Morgan fingerprint density at radius 2 is 1.79 bits per heavy atom. The van der Waals surface area contributed by atoms with E-state index in [1.807, 2.05) is 0 Å². The van der Waals surface area contributed by atoms with Crippen LogP contribution in [0.1, 0.15) is 0 Å². The highest BCUT2D eigenvalue weighted by atomic mass is 79.9. The van der Waals surface area contributed by atoms with Gasteiger partial charge in [-0.2, -0.15) is 0 Å². The van der Waals surface area contributed by atoms with Gasteiger partial charge in [-0.3, -0.25) is 0 Å². The van der Waals surface area contributed by atoms with Crippen LogP contribution in [0.2, 0.25) is 0 Å². The highest BCUT2D eigenvalue weighted by Gasteiger charge is 2.13. The predicted octanol–water partition coefficient (Wildman–Crippen LogP) is -0.141. The lowest BCUT2D eigenvalue weighted by Crippen LogP contribution is -2.30. The minimum atomic E-state index is -3.53. The molecule has 0 aliphatic carbocycles. The Labute approximate surface area is 92.7 Å². The third-order valence-corrected chi connectivity index (χ3v) is 4.02. The summed E-state index contributed by atoms with van der Waals surface area (Å²) in [5.41, 5.74) is 0. The molecule has 0 saturated carbocycles. The molecule has 0 rings (SSSR count). The molecular formula is C6H12BrNO4S2. The van der Waals surface area contributed by atoms with Crippen LogP contribution in [0.5, 0.6) is 0 Å². The van der Waals surface area contributed by atoms with Gasteiger partial charge in [-0.1, -0.05) is 22.5 Å². The topological polar surface area (TPSA) is 80.3 Å². The van der Waals surface area contributed by atoms with Crippen molar-refractivity contribution in [2.24, 2.45) is 0 Å². The van der Waals surface area contributed by atoms with Gasteiger partial charge in [0, 0.05) is 17.3 Å². The average molecular weight is 306 g/mol. The van der Waals surface area contributed by atoms with Crippen LogP contribution in [0, 0.1) is 0 Å². The summed E-state index contributed by atoms with van der Waals surface area (Å²) in [5, 5.41) is 0. The maximum Gasteiger partial charge on any atom is 0.212 e. The van der Waals surface area contributed by atoms with E-state index in [0.717, 1.165) is 6.26 Å². The Hall–Kier alpha value is 0.0800. The smallest absolute Gasteiger partial charge is 0.212 e. The monoisotopic (exact) mass is 305 g/mol. The van der Waals surface area contributed by atoms with Crippen molar-refractivity contribution in [3.05, 3.63) is 11.1 Å². The van der Waals surface area contributed by atoms with Crippen LogP contribution in [0.3, 0.4) is 0 Å². The summed E-state index contributed by atoms with van der Waals surface area (Å²) in [5.74, 6) is -0.802. The van der Waals surface area contributed by atoms with Crippen LogP contribution >= 0.6 is 15.9 Å². The number of sulfonamides is 1. The van der Waals surface area contributed by atoms with E-state index in [9.17, 15) is 16.8 Å². The van der Waals surface area contributed by atoms with Gasteiger partial charge in [-0.15, -0.1) is 0 Å². The first-order valence-corrected chi connectivity index (χ1v) is 8.11. The second-order valence-corrected chi connectivity index (χ2v) is 8.09. The van der Waals surface area contributed by atoms with E-state index in [4.69, 9.17) is 0 Å². The van der Waals surface area contributed by atoms with E-state index >= 15 is 0 Å². The number of hydrogen-bond donors (Lipinski definition) is 1. The Kier molecular flexibility index (Phi) is 5.27. The summed E-state index contributed by atoms with van der Waals surface area (Å²) in [4.78, 5) is 0. The van der Waals surface area contributed by atoms with Gasteiger partial charge >= 0.3 is 0 Å². The molecule has 0 aromatic rings. The van der Waals surface area contributed by atoms with Gasteiger partial charge in [0.25, 0.3) is 0 Å². The first-order chi connectivity index (χ1) is 6.12. The van der Waals surface area contributed by atoms with Crippen LogP contribution in [0.4, 0.5) is 0 Å². The summed E-state index contributed by atoms with van der Waals surface area (Å²) >= 11 is 2.98. The minimum absolute atomic E-state index is 0.0616. The molecule has 0 aliphatic rings. The molecule has 0 amide bonds. The third kappa shape index (κ3) is 8.67. The molecule has 0 saturated heterocycles. The number of hydrogen-bond acceptors (Lipinski definition) is 4. The van der Waals surface area contributed by atoms with E-state index in [1.165, 1.54) is 0 Å².